The zero-order chi connectivity index (χ0) is 25.2. The second kappa shape index (κ2) is 10.1. The van der Waals surface area contributed by atoms with Gasteiger partial charge in [-0.3, -0.25) is 4.79 Å². The number of likely N-dealkylation sites (N-methyl/N-ethyl adjacent to an activating group) is 1. The summed E-state index contributed by atoms with van der Waals surface area (Å²) in [5.74, 6) is 0.480. The molecule has 1 aromatic heterocycles. The normalized spacial score (nSPS) is 14.4. The quantitative estimate of drug-likeness (QED) is 0.537. The smallest absolute Gasteiger partial charge is 0.243 e. The molecule has 0 fully saturated rings. The number of hydrogen-bond donors (Lipinski definition) is 1. The van der Waals surface area contributed by atoms with E-state index in [2.05, 4.69) is 10.4 Å². The van der Waals surface area contributed by atoms with Crippen molar-refractivity contribution >= 4 is 15.9 Å². The van der Waals surface area contributed by atoms with Crippen LogP contribution in [0.4, 0.5) is 0 Å². The topological polar surface area (TPSA) is 103 Å². The van der Waals surface area contributed by atoms with E-state index in [1.54, 1.807) is 12.3 Å². The highest BCUT2D eigenvalue weighted by Gasteiger charge is 2.26. The number of aromatic nitrogens is 2. The van der Waals surface area contributed by atoms with Crippen molar-refractivity contribution in [2.24, 2.45) is 0 Å². The van der Waals surface area contributed by atoms with Gasteiger partial charge in [-0.25, -0.2) is 13.1 Å². The molecule has 10 heteroatoms. The predicted octanol–water partition coefficient (Wildman–Crippen LogP) is 3.15. The standard InChI is InChI=1S/C25H30N4O5S/c1-17-6-8-20(9-7-17)29-19(3)22(15-26-29)18(2)27-25(30)16-28(4)35(31,32)21-10-11-23-24(14-21)34-13-5-12-33-23/h6-11,14-15,18H,5,12-13,16H2,1-4H3,(H,27,30)/t18-/m1/s1. The summed E-state index contributed by atoms with van der Waals surface area (Å²) in [6, 6.07) is 12.1. The zero-order valence-electron chi connectivity index (χ0n) is 20.3. The number of nitrogens with one attached hydrogen (secondary N) is 1. The Morgan fingerprint density at radius 1 is 1.11 bits per heavy atom. The van der Waals surface area contributed by atoms with Crippen molar-refractivity contribution in [3.63, 3.8) is 0 Å². The third-order valence-corrected chi connectivity index (χ3v) is 7.76. The maximum Gasteiger partial charge on any atom is 0.243 e. The molecule has 1 atom stereocenters. The van der Waals surface area contributed by atoms with Gasteiger partial charge in [-0.05, 0) is 45.0 Å². The molecule has 35 heavy (non-hydrogen) atoms. The van der Waals surface area contributed by atoms with Crippen LogP contribution in [0.3, 0.4) is 0 Å². The zero-order valence-corrected chi connectivity index (χ0v) is 21.1. The lowest BCUT2D eigenvalue weighted by Crippen LogP contribution is -2.39. The Bertz CT molecular complexity index is 1320. The second-order valence-electron chi connectivity index (χ2n) is 8.64. The molecule has 4 rings (SSSR count). The highest BCUT2D eigenvalue weighted by atomic mass is 32.2. The molecule has 1 N–H and O–H groups in total. The lowest BCUT2D eigenvalue weighted by molar-refractivity contribution is -0.121. The molecule has 0 saturated carbocycles. The monoisotopic (exact) mass is 498 g/mol. The average molecular weight is 499 g/mol. The van der Waals surface area contributed by atoms with Crippen molar-refractivity contribution in [1.29, 1.82) is 0 Å². The van der Waals surface area contributed by atoms with Crippen LogP contribution in [0.1, 0.15) is 36.2 Å². The van der Waals surface area contributed by atoms with E-state index in [4.69, 9.17) is 9.47 Å². The maximum absolute atomic E-state index is 13.1. The molecule has 2 heterocycles. The summed E-state index contributed by atoms with van der Waals surface area (Å²) in [4.78, 5) is 12.8. The van der Waals surface area contributed by atoms with E-state index in [9.17, 15) is 13.2 Å². The number of sulfonamides is 1. The molecule has 1 amide bonds. The van der Waals surface area contributed by atoms with E-state index in [0.717, 1.165) is 33.2 Å². The largest absolute Gasteiger partial charge is 0.490 e. The van der Waals surface area contributed by atoms with Gasteiger partial charge >= 0.3 is 0 Å². The summed E-state index contributed by atoms with van der Waals surface area (Å²) in [5.41, 5.74) is 3.84. The van der Waals surface area contributed by atoms with Gasteiger partial charge in [0.05, 0.1) is 42.6 Å². The van der Waals surface area contributed by atoms with Crippen LogP contribution in [0.2, 0.25) is 0 Å². The predicted molar refractivity (Wildman–Crippen MR) is 131 cm³/mol. The lowest BCUT2D eigenvalue weighted by atomic mass is 10.1. The summed E-state index contributed by atoms with van der Waals surface area (Å²) < 4.78 is 40.2. The van der Waals surface area contributed by atoms with Crippen LogP contribution in [-0.2, 0) is 14.8 Å². The molecule has 0 unspecified atom stereocenters. The number of aryl methyl sites for hydroxylation is 1. The SMILES string of the molecule is Cc1ccc(-n2ncc([C@@H](C)NC(=O)CN(C)S(=O)(=O)c3ccc4c(c3)OCCCO4)c2C)cc1. The van der Waals surface area contributed by atoms with E-state index >= 15 is 0 Å². The molecule has 0 spiro atoms. The summed E-state index contributed by atoms with van der Waals surface area (Å²) in [5, 5.41) is 7.34. The second-order valence-corrected chi connectivity index (χ2v) is 10.7. The van der Waals surface area contributed by atoms with Gasteiger partial charge in [-0.2, -0.15) is 9.40 Å². The van der Waals surface area contributed by atoms with E-state index in [1.165, 1.54) is 19.2 Å². The minimum Gasteiger partial charge on any atom is -0.490 e. The van der Waals surface area contributed by atoms with Crippen molar-refractivity contribution in [3.8, 4) is 17.2 Å². The van der Waals surface area contributed by atoms with Crippen LogP contribution in [0.5, 0.6) is 11.5 Å². The van der Waals surface area contributed by atoms with Crippen LogP contribution in [-0.4, -0.2) is 55.2 Å². The highest BCUT2D eigenvalue weighted by molar-refractivity contribution is 7.89. The summed E-state index contributed by atoms with van der Waals surface area (Å²) in [7, 11) is -2.52. The molecule has 0 bridgehead atoms. The first-order valence-corrected chi connectivity index (χ1v) is 12.9. The van der Waals surface area contributed by atoms with Crippen molar-refractivity contribution in [1.82, 2.24) is 19.4 Å². The van der Waals surface area contributed by atoms with Crippen molar-refractivity contribution in [2.45, 2.75) is 38.1 Å². The fourth-order valence-electron chi connectivity index (χ4n) is 3.93. The Morgan fingerprint density at radius 3 is 2.51 bits per heavy atom. The Kier molecular flexibility index (Phi) is 7.13. The molecule has 2 aromatic carbocycles. The summed E-state index contributed by atoms with van der Waals surface area (Å²) >= 11 is 0. The molecule has 0 radical (unpaired) electrons. The Labute approximate surface area is 205 Å². The Hall–Kier alpha value is -3.37. The fraction of sp³-hybridized carbons (Fsp3) is 0.360. The molecule has 186 valence electrons. The van der Waals surface area contributed by atoms with E-state index < -0.39 is 15.9 Å². The molecule has 0 aliphatic carbocycles. The number of hydrogen-bond acceptors (Lipinski definition) is 6. The number of rotatable bonds is 7. The van der Waals surface area contributed by atoms with Gasteiger partial charge in [0, 0.05) is 30.8 Å². The molecule has 9 nitrogen and oxygen atoms in total. The Morgan fingerprint density at radius 2 is 1.80 bits per heavy atom. The van der Waals surface area contributed by atoms with E-state index in [0.29, 0.717) is 24.7 Å². The van der Waals surface area contributed by atoms with Crippen molar-refractivity contribution in [3.05, 3.63) is 65.5 Å². The highest BCUT2D eigenvalue weighted by Crippen LogP contribution is 2.32. The third kappa shape index (κ3) is 5.33. The minimum absolute atomic E-state index is 0.0420. The number of fused-ring (bicyclic) bond motifs is 1. The van der Waals surface area contributed by atoms with Gasteiger partial charge in [0.1, 0.15) is 0 Å². The molecule has 1 aliphatic rings. The minimum atomic E-state index is -3.90. The number of nitrogens with zero attached hydrogens (tertiary/aromatic N) is 3. The maximum atomic E-state index is 13.1. The number of carbonyl (C=O) groups is 1. The number of ether oxygens (including phenoxy) is 2. The van der Waals surface area contributed by atoms with Gasteiger partial charge < -0.3 is 14.8 Å². The number of amides is 1. The van der Waals surface area contributed by atoms with Gasteiger partial charge in [0.15, 0.2) is 11.5 Å². The fourth-order valence-corrected chi connectivity index (χ4v) is 5.07. The first-order valence-electron chi connectivity index (χ1n) is 11.4. The van der Waals surface area contributed by atoms with Gasteiger partial charge in [-0.1, -0.05) is 17.7 Å². The summed E-state index contributed by atoms with van der Waals surface area (Å²) in [6.07, 6.45) is 2.44. The number of carbonyl (C=O) groups excluding carboxylic acids is 1. The van der Waals surface area contributed by atoms with Crippen LogP contribution >= 0.6 is 0 Å². The van der Waals surface area contributed by atoms with Crippen LogP contribution < -0.4 is 14.8 Å². The number of benzene rings is 2. The summed E-state index contributed by atoms with van der Waals surface area (Å²) in [6.45, 7) is 6.44. The van der Waals surface area contributed by atoms with Crippen molar-refractivity contribution in [2.75, 3.05) is 26.8 Å². The first kappa shape index (κ1) is 24.7. The van der Waals surface area contributed by atoms with Gasteiger partial charge in [0.2, 0.25) is 15.9 Å². The van der Waals surface area contributed by atoms with Crippen LogP contribution in [0, 0.1) is 13.8 Å². The van der Waals surface area contributed by atoms with Crippen LogP contribution in [0.15, 0.2) is 53.6 Å². The van der Waals surface area contributed by atoms with Gasteiger partial charge in [0.25, 0.3) is 0 Å². The average Bonchev–Trinajstić information content (AvgIpc) is 3.05. The van der Waals surface area contributed by atoms with E-state index in [1.807, 2.05) is 49.7 Å². The molecule has 0 saturated heterocycles. The van der Waals surface area contributed by atoms with Crippen molar-refractivity contribution < 1.29 is 22.7 Å². The van der Waals surface area contributed by atoms with E-state index in [-0.39, 0.29) is 17.5 Å². The first-order chi connectivity index (χ1) is 16.7. The third-order valence-electron chi connectivity index (χ3n) is 5.96. The molecule has 3 aromatic rings. The van der Waals surface area contributed by atoms with Gasteiger partial charge in [-0.15, -0.1) is 0 Å². The molecular weight excluding hydrogens is 468 g/mol. The molecule has 1 aliphatic heterocycles. The Balaban J connectivity index is 1.43. The van der Waals surface area contributed by atoms with Crippen LogP contribution in [0.25, 0.3) is 5.69 Å². The molecular formula is C25H30N4O5S. The lowest BCUT2D eigenvalue weighted by Gasteiger charge is -2.20.